The summed E-state index contributed by atoms with van der Waals surface area (Å²) in [5, 5.41) is 14.4. The van der Waals surface area contributed by atoms with Crippen LogP contribution in [0.3, 0.4) is 0 Å². The van der Waals surface area contributed by atoms with Gasteiger partial charge in [0.2, 0.25) is 0 Å². The number of carboxylic acids is 1. The second-order valence-electron chi connectivity index (χ2n) is 4.65. The molecule has 0 saturated carbocycles. The summed E-state index contributed by atoms with van der Waals surface area (Å²) in [5.74, 6) is -1.27. The van der Waals surface area contributed by atoms with Crippen LogP contribution in [-0.4, -0.2) is 17.7 Å². The number of carbonyl (C=O) groups is 1. The molecule has 0 aromatic heterocycles. The fourth-order valence-corrected chi connectivity index (χ4v) is 2.52. The molecule has 0 amide bonds. The molecule has 0 saturated heterocycles. The minimum Gasteiger partial charge on any atom is -0.481 e. The van der Waals surface area contributed by atoms with E-state index in [1.165, 1.54) is 12.1 Å². The first-order valence-corrected chi connectivity index (χ1v) is 7.70. The third-order valence-electron chi connectivity index (χ3n) is 3.02. The topological polar surface area (TPSA) is 72.5 Å². The fraction of sp³-hybridized carbons (Fsp3) is 0.133. The molecule has 24 heavy (non-hydrogen) atoms. The van der Waals surface area contributed by atoms with E-state index in [9.17, 15) is 18.0 Å². The van der Waals surface area contributed by atoms with Gasteiger partial charge in [0.25, 0.3) is 0 Å². The zero-order valence-electron chi connectivity index (χ0n) is 11.9. The molecule has 0 radical (unpaired) electrons. The molecule has 0 spiro atoms. The van der Waals surface area contributed by atoms with Crippen LogP contribution in [0.5, 0.6) is 5.75 Å². The molecule has 9 heteroatoms. The summed E-state index contributed by atoms with van der Waals surface area (Å²) in [6, 6.07) is 7.37. The molecule has 0 heterocycles. The lowest BCUT2D eigenvalue weighted by Gasteiger charge is -2.15. The Labute approximate surface area is 144 Å². The van der Waals surface area contributed by atoms with Gasteiger partial charge in [0, 0.05) is 21.0 Å². The number of alkyl halides is 3. The Morgan fingerprint density at radius 1 is 1.21 bits per heavy atom. The molecular formula is C15H11ClF3NO3S. The van der Waals surface area contributed by atoms with Gasteiger partial charge in [-0.3, -0.25) is 5.14 Å². The summed E-state index contributed by atoms with van der Waals surface area (Å²) in [6.07, 6.45) is -4.56. The van der Waals surface area contributed by atoms with Crippen molar-refractivity contribution < 1.29 is 27.8 Å². The van der Waals surface area contributed by atoms with Crippen LogP contribution in [-0.2, 0) is 11.0 Å². The Bertz CT molecular complexity index is 768. The largest absolute Gasteiger partial charge is 0.481 e. The lowest BCUT2D eigenvalue weighted by Crippen LogP contribution is -2.11. The second-order valence-corrected chi connectivity index (χ2v) is 5.76. The van der Waals surface area contributed by atoms with E-state index in [-0.39, 0.29) is 21.9 Å². The van der Waals surface area contributed by atoms with Crippen LogP contribution in [0.2, 0.25) is 5.02 Å². The molecule has 0 aliphatic carbocycles. The molecule has 2 aromatic carbocycles. The zero-order valence-corrected chi connectivity index (χ0v) is 13.5. The summed E-state index contributed by atoms with van der Waals surface area (Å²) in [5.41, 5.74) is -0.604. The number of nitrogens with two attached hydrogens (primary N) is 1. The number of hydrogen-bond donors (Lipinski definition) is 2. The van der Waals surface area contributed by atoms with Crippen molar-refractivity contribution in [2.45, 2.75) is 11.1 Å². The zero-order chi connectivity index (χ0) is 17.9. The average Bonchev–Trinajstić information content (AvgIpc) is 2.52. The van der Waals surface area contributed by atoms with Crippen LogP contribution >= 0.6 is 23.5 Å². The van der Waals surface area contributed by atoms with E-state index >= 15 is 0 Å². The highest BCUT2D eigenvalue weighted by atomic mass is 35.5. The van der Waals surface area contributed by atoms with Gasteiger partial charge in [-0.15, -0.1) is 0 Å². The Kier molecular flexibility index (Phi) is 5.63. The van der Waals surface area contributed by atoms with E-state index < -0.39 is 24.3 Å². The fourth-order valence-electron chi connectivity index (χ4n) is 1.97. The monoisotopic (exact) mass is 377 g/mol. The lowest BCUT2D eigenvalue weighted by atomic mass is 10.0. The molecule has 0 unspecified atom stereocenters. The van der Waals surface area contributed by atoms with Crippen molar-refractivity contribution in [3.8, 4) is 16.9 Å². The smallest absolute Gasteiger partial charge is 0.416 e. The molecule has 4 nitrogen and oxygen atoms in total. The van der Waals surface area contributed by atoms with Crippen molar-refractivity contribution in [2.24, 2.45) is 5.14 Å². The van der Waals surface area contributed by atoms with Crippen molar-refractivity contribution in [1.82, 2.24) is 0 Å². The maximum Gasteiger partial charge on any atom is 0.416 e. The van der Waals surface area contributed by atoms with Crippen LogP contribution in [0.1, 0.15) is 5.56 Å². The average molecular weight is 378 g/mol. The first kappa shape index (κ1) is 18.4. The van der Waals surface area contributed by atoms with Gasteiger partial charge in [-0.05, 0) is 48.3 Å². The van der Waals surface area contributed by atoms with Crippen molar-refractivity contribution in [1.29, 1.82) is 0 Å². The van der Waals surface area contributed by atoms with Gasteiger partial charge < -0.3 is 9.84 Å². The number of carboxylic acid groups (broad SMARTS) is 1. The standard InChI is InChI=1S/C15H11ClF3NO3S/c16-12-3-2-9(24-20)6-10(12)11-5-8(15(17,18)19)1-4-13(11)23-7-14(21)22/h1-6H,7,20H2,(H,21,22). The molecule has 0 fully saturated rings. The van der Waals surface area contributed by atoms with Gasteiger partial charge >= 0.3 is 12.1 Å². The molecule has 3 N–H and O–H groups in total. The lowest BCUT2D eigenvalue weighted by molar-refractivity contribution is -0.140. The van der Waals surface area contributed by atoms with E-state index in [1.807, 2.05) is 0 Å². The predicted molar refractivity (Wildman–Crippen MR) is 85.1 cm³/mol. The Balaban J connectivity index is 2.61. The van der Waals surface area contributed by atoms with Gasteiger partial charge in [-0.25, -0.2) is 4.79 Å². The molecule has 0 bridgehead atoms. The highest BCUT2D eigenvalue weighted by molar-refractivity contribution is 7.97. The van der Waals surface area contributed by atoms with Gasteiger partial charge in [0.05, 0.1) is 5.56 Å². The number of rotatable bonds is 5. The minimum atomic E-state index is -4.56. The minimum absolute atomic E-state index is 0.0218. The first-order valence-electron chi connectivity index (χ1n) is 6.45. The summed E-state index contributed by atoms with van der Waals surface area (Å²) in [6.45, 7) is -0.693. The highest BCUT2D eigenvalue weighted by Crippen LogP contribution is 2.40. The number of halogens is 4. The maximum absolute atomic E-state index is 13.0. The third kappa shape index (κ3) is 4.34. The normalized spacial score (nSPS) is 11.4. The molecular weight excluding hydrogens is 367 g/mol. The maximum atomic E-state index is 13.0. The summed E-state index contributed by atoms with van der Waals surface area (Å²) in [4.78, 5) is 11.2. The highest BCUT2D eigenvalue weighted by Gasteiger charge is 2.31. The van der Waals surface area contributed by atoms with Crippen LogP contribution in [0.15, 0.2) is 41.3 Å². The van der Waals surface area contributed by atoms with Crippen LogP contribution in [0.4, 0.5) is 13.2 Å². The molecule has 0 aliphatic rings. The van der Waals surface area contributed by atoms with Crippen molar-refractivity contribution in [3.63, 3.8) is 0 Å². The van der Waals surface area contributed by atoms with Gasteiger partial charge in [-0.2, -0.15) is 13.2 Å². The van der Waals surface area contributed by atoms with Gasteiger partial charge in [0.1, 0.15) is 5.75 Å². The van der Waals surface area contributed by atoms with E-state index in [4.69, 9.17) is 26.6 Å². The Morgan fingerprint density at radius 3 is 2.50 bits per heavy atom. The van der Waals surface area contributed by atoms with E-state index in [0.717, 1.165) is 30.1 Å². The van der Waals surface area contributed by atoms with Gasteiger partial charge in [0.15, 0.2) is 6.61 Å². The van der Waals surface area contributed by atoms with Crippen molar-refractivity contribution in [3.05, 3.63) is 47.0 Å². The summed E-state index contributed by atoms with van der Waals surface area (Å²) in [7, 11) is 0. The molecule has 0 atom stereocenters. The summed E-state index contributed by atoms with van der Waals surface area (Å²) >= 11 is 6.99. The van der Waals surface area contributed by atoms with E-state index in [1.54, 1.807) is 6.07 Å². The van der Waals surface area contributed by atoms with E-state index in [0.29, 0.717) is 4.90 Å². The predicted octanol–water partition coefficient (Wildman–Crippen LogP) is 4.46. The van der Waals surface area contributed by atoms with Crippen molar-refractivity contribution >= 4 is 29.5 Å². The number of benzene rings is 2. The first-order chi connectivity index (χ1) is 11.2. The van der Waals surface area contributed by atoms with Crippen LogP contribution in [0.25, 0.3) is 11.1 Å². The molecule has 0 aliphatic heterocycles. The molecule has 2 rings (SSSR count). The van der Waals surface area contributed by atoms with Crippen LogP contribution in [0, 0.1) is 0 Å². The second kappa shape index (κ2) is 7.33. The number of aliphatic carboxylic acids is 1. The number of ether oxygens (including phenoxy) is 1. The Morgan fingerprint density at radius 2 is 1.92 bits per heavy atom. The molecule has 128 valence electrons. The summed E-state index contributed by atoms with van der Waals surface area (Å²) < 4.78 is 44.0. The Hall–Kier alpha value is -1.90. The quantitative estimate of drug-likeness (QED) is 0.753. The SMILES string of the molecule is NSc1ccc(Cl)c(-c2cc(C(F)(F)F)ccc2OCC(=O)O)c1. The third-order valence-corrected chi connectivity index (χ3v) is 3.88. The molecule has 2 aromatic rings. The number of hydrogen-bond acceptors (Lipinski definition) is 4. The van der Waals surface area contributed by atoms with E-state index in [2.05, 4.69) is 0 Å². The van der Waals surface area contributed by atoms with Crippen LogP contribution < -0.4 is 9.88 Å². The van der Waals surface area contributed by atoms with Gasteiger partial charge in [-0.1, -0.05) is 11.6 Å². The van der Waals surface area contributed by atoms with Crippen molar-refractivity contribution in [2.75, 3.05) is 6.61 Å².